The van der Waals surface area contributed by atoms with Crippen LogP contribution >= 0.6 is 0 Å². The number of aryl methyl sites for hydroxylation is 1. The summed E-state index contributed by atoms with van der Waals surface area (Å²) < 4.78 is 39.1. The molecule has 3 rings (SSSR count). The molecule has 174 valence electrons. The Morgan fingerprint density at radius 2 is 1.67 bits per heavy atom. The van der Waals surface area contributed by atoms with Gasteiger partial charge in [-0.05, 0) is 74.9 Å². The summed E-state index contributed by atoms with van der Waals surface area (Å²) in [5, 5.41) is 2.76. The second-order valence-electron chi connectivity index (χ2n) is 7.74. The van der Waals surface area contributed by atoms with Crippen LogP contribution in [-0.2, 0) is 14.8 Å². The minimum absolute atomic E-state index is 0.0338. The Bertz CT molecular complexity index is 1190. The maximum atomic E-state index is 13.5. The maximum absolute atomic E-state index is 13.5. The first-order valence-electron chi connectivity index (χ1n) is 10.5. The Labute approximate surface area is 195 Å². The van der Waals surface area contributed by atoms with Crippen molar-refractivity contribution in [2.45, 2.75) is 31.8 Å². The number of rotatable bonds is 9. The molecule has 0 aliphatic rings. The van der Waals surface area contributed by atoms with Crippen LogP contribution in [0.4, 0.5) is 11.4 Å². The summed E-state index contributed by atoms with van der Waals surface area (Å²) in [5.41, 5.74) is 1.65. The molecule has 33 heavy (non-hydrogen) atoms. The van der Waals surface area contributed by atoms with Crippen molar-refractivity contribution in [3.05, 3.63) is 78.4 Å². The monoisotopic (exact) mass is 468 g/mol. The van der Waals surface area contributed by atoms with E-state index >= 15 is 0 Å². The lowest BCUT2D eigenvalue weighted by atomic mass is 10.2. The third-order valence-electron chi connectivity index (χ3n) is 4.73. The molecule has 1 N–H and O–H groups in total. The number of carbonyl (C=O) groups excluding carboxylic acids is 1. The molecule has 7 nitrogen and oxygen atoms in total. The number of amides is 1. The van der Waals surface area contributed by atoms with Gasteiger partial charge in [0, 0.05) is 5.69 Å². The minimum Gasteiger partial charge on any atom is -0.495 e. The van der Waals surface area contributed by atoms with Crippen LogP contribution in [0.2, 0.25) is 0 Å². The molecule has 0 heterocycles. The van der Waals surface area contributed by atoms with Crippen LogP contribution in [0.15, 0.2) is 77.7 Å². The van der Waals surface area contributed by atoms with Gasteiger partial charge in [-0.15, -0.1) is 0 Å². The van der Waals surface area contributed by atoms with Gasteiger partial charge in [0.05, 0.1) is 23.8 Å². The molecule has 0 unspecified atom stereocenters. The highest BCUT2D eigenvalue weighted by Gasteiger charge is 2.29. The highest BCUT2D eigenvalue weighted by atomic mass is 32.2. The van der Waals surface area contributed by atoms with Crippen LogP contribution < -0.4 is 19.1 Å². The van der Waals surface area contributed by atoms with Crippen molar-refractivity contribution in [1.29, 1.82) is 0 Å². The summed E-state index contributed by atoms with van der Waals surface area (Å²) >= 11 is 0. The van der Waals surface area contributed by atoms with Crippen molar-refractivity contribution in [1.82, 2.24) is 0 Å². The average molecular weight is 469 g/mol. The average Bonchev–Trinajstić information content (AvgIpc) is 2.79. The van der Waals surface area contributed by atoms with E-state index < -0.39 is 22.5 Å². The predicted molar refractivity (Wildman–Crippen MR) is 130 cm³/mol. The van der Waals surface area contributed by atoms with Crippen molar-refractivity contribution in [2.75, 3.05) is 23.3 Å². The Morgan fingerprint density at radius 3 is 2.27 bits per heavy atom. The van der Waals surface area contributed by atoms with Crippen molar-refractivity contribution < 1.29 is 22.7 Å². The van der Waals surface area contributed by atoms with Gasteiger partial charge in [-0.3, -0.25) is 9.10 Å². The Balaban J connectivity index is 1.92. The summed E-state index contributed by atoms with van der Waals surface area (Å²) in [7, 11) is -2.58. The Kier molecular flexibility index (Phi) is 7.60. The summed E-state index contributed by atoms with van der Waals surface area (Å²) in [5.74, 6) is 0.541. The number of nitrogens with zero attached hydrogens (tertiary/aromatic N) is 1. The van der Waals surface area contributed by atoms with Gasteiger partial charge in [-0.25, -0.2) is 8.42 Å². The summed E-state index contributed by atoms with van der Waals surface area (Å²) in [4.78, 5) is 13.0. The largest absolute Gasteiger partial charge is 0.495 e. The topological polar surface area (TPSA) is 84.9 Å². The van der Waals surface area contributed by atoms with Gasteiger partial charge in [0.25, 0.3) is 10.0 Å². The molecular weight excluding hydrogens is 440 g/mol. The number of ether oxygens (including phenoxy) is 2. The standard InChI is InChI=1S/C25H28N2O5S/c1-18(2)32-21-13-11-20(12-14-21)26-25(28)17-27(23-16-19(3)10-15-24(23)31-4)33(29,30)22-8-6-5-7-9-22/h5-16,18H,17H2,1-4H3,(H,26,28). The fraction of sp³-hybridized carbons (Fsp3) is 0.240. The third kappa shape index (κ3) is 6.04. The Hall–Kier alpha value is -3.52. The van der Waals surface area contributed by atoms with Crippen molar-refractivity contribution in [2.24, 2.45) is 0 Å². The van der Waals surface area contributed by atoms with Gasteiger partial charge in [-0.2, -0.15) is 0 Å². The second-order valence-corrected chi connectivity index (χ2v) is 9.60. The van der Waals surface area contributed by atoms with E-state index in [9.17, 15) is 13.2 Å². The number of methoxy groups -OCH3 is 1. The van der Waals surface area contributed by atoms with Gasteiger partial charge in [0.2, 0.25) is 5.91 Å². The second kappa shape index (κ2) is 10.4. The zero-order valence-electron chi connectivity index (χ0n) is 19.1. The minimum atomic E-state index is -4.04. The maximum Gasteiger partial charge on any atom is 0.264 e. The molecule has 0 saturated heterocycles. The first-order chi connectivity index (χ1) is 15.7. The van der Waals surface area contributed by atoms with Crippen LogP contribution in [0.25, 0.3) is 0 Å². The lowest BCUT2D eigenvalue weighted by Gasteiger charge is -2.26. The lowest BCUT2D eigenvalue weighted by Crippen LogP contribution is -2.38. The smallest absolute Gasteiger partial charge is 0.264 e. The van der Waals surface area contributed by atoms with Gasteiger partial charge in [-0.1, -0.05) is 24.3 Å². The van der Waals surface area contributed by atoms with Gasteiger partial charge in [0.1, 0.15) is 18.0 Å². The molecule has 0 fully saturated rings. The number of anilines is 2. The molecule has 3 aromatic carbocycles. The molecule has 0 radical (unpaired) electrons. The van der Waals surface area contributed by atoms with Crippen molar-refractivity contribution in [3.8, 4) is 11.5 Å². The first kappa shape index (κ1) is 24.1. The van der Waals surface area contributed by atoms with Crippen LogP contribution in [0.5, 0.6) is 11.5 Å². The molecule has 0 saturated carbocycles. The molecule has 3 aromatic rings. The highest BCUT2D eigenvalue weighted by molar-refractivity contribution is 7.92. The first-order valence-corrected chi connectivity index (χ1v) is 11.9. The normalized spacial score (nSPS) is 11.2. The third-order valence-corrected chi connectivity index (χ3v) is 6.51. The fourth-order valence-corrected chi connectivity index (χ4v) is 4.68. The van der Waals surface area contributed by atoms with Crippen LogP contribution in [-0.4, -0.2) is 34.1 Å². The molecule has 0 atom stereocenters. The highest BCUT2D eigenvalue weighted by Crippen LogP contribution is 2.33. The van der Waals surface area contributed by atoms with E-state index in [1.165, 1.54) is 19.2 Å². The summed E-state index contributed by atoms with van der Waals surface area (Å²) in [6, 6.07) is 20.1. The van der Waals surface area contributed by atoms with E-state index in [2.05, 4.69) is 5.32 Å². The van der Waals surface area contributed by atoms with Gasteiger partial charge in [0.15, 0.2) is 0 Å². The fourth-order valence-electron chi connectivity index (χ4n) is 3.23. The number of carbonyl (C=O) groups is 1. The summed E-state index contributed by atoms with van der Waals surface area (Å²) in [6.45, 7) is 5.27. The predicted octanol–water partition coefficient (Wildman–Crippen LogP) is 4.62. The Morgan fingerprint density at radius 1 is 1.00 bits per heavy atom. The summed E-state index contributed by atoms with van der Waals surface area (Å²) in [6.07, 6.45) is 0.0338. The van der Waals surface area contributed by atoms with Crippen LogP contribution in [0.1, 0.15) is 19.4 Å². The molecule has 0 aliphatic carbocycles. The van der Waals surface area contributed by atoms with E-state index in [4.69, 9.17) is 9.47 Å². The van der Waals surface area contributed by atoms with Crippen molar-refractivity contribution in [3.63, 3.8) is 0 Å². The molecular formula is C25H28N2O5S. The van der Waals surface area contributed by atoms with E-state index in [-0.39, 0.29) is 16.7 Å². The molecule has 0 bridgehead atoms. The SMILES string of the molecule is COc1ccc(C)cc1N(CC(=O)Nc1ccc(OC(C)C)cc1)S(=O)(=O)c1ccccc1. The van der Waals surface area contributed by atoms with E-state index in [1.807, 2.05) is 26.8 Å². The van der Waals surface area contributed by atoms with Crippen molar-refractivity contribution >= 4 is 27.3 Å². The zero-order chi connectivity index (χ0) is 24.0. The van der Waals surface area contributed by atoms with Crippen LogP contribution in [0.3, 0.4) is 0 Å². The van der Waals surface area contributed by atoms with Gasteiger partial charge >= 0.3 is 0 Å². The van der Waals surface area contributed by atoms with E-state index in [0.717, 1.165) is 9.87 Å². The van der Waals surface area contributed by atoms with E-state index in [1.54, 1.807) is 54.6 Å². The lowest BCUT2D eigenvalue weighted by molar-refractivity contribution is -0.114. The van der Waals surface area contributed by atoms with Gasteiger partial charge < -0.3 is 14.8 Å². The number of sulfonamides is 1. The number of benzene rings is 3. The van der Waals surface area contributed by atoms with E-state index in [0.29, 0.717) is 17.2 Å². The molecule has 8 heteroatoms. The zero-order valence-corrected chi connectivity index (χ0v) is 19.9. The molecule has 0 aromatic heterocycles. The molecule has 0 aliphatic heterocycles. The number of hydrogen-bond acceptors (Lipinski definition) is 5. The number of hydrogen-bond donors (Lipinski definition) is 1. The quantitative estimate of drug-likeness (QED) is 0.495. The molecule has 0 spiro atoms. The number of nitrogens with one attached hydrogen (secondary N) is 1. The molecule has 1 amide bonds. The van der Waals surface area contributed by atoms with Crippen LogP contribution in [0, 0.1) is 6.92 Å².